The van der Waals surface area contributed by atoms with Crippen LogP contribution in [0.5, 0.6) is 0 Å². The lowest BCUT2D eigenvalue weighted by Gasteiger charge is -2.11. The van der Waals surface area contributed by atoms with Crippen LogP contribution in [0.3, 0.4) is 0 Å². The van der Waals surface area contributed by atoms with E-state index in [-0.39, 0.29) is 0 Å². The molecular weight excluding hydrogens is 213 g/mol. The highest BCUT2D eigenvalue weighted by Crippen LogP contribution is 2.14. The Bertz CT molecular complexity index is 66.9. The summed E-state index contributed by atoms with van der Waals surface area (Å²) in [7, 11) is 0. The van der Waals surface area contributed by atoms with Gasteiger partial charge >= 0.3 is 0 Å². The van der Waals surface area contributed by atoms with Crippen LogP contribution in [0.25, 0.3) is 0 Å². The van der Waals surface area contributed by atoms with E-state index in [1.807, 2.05) is 0 Å². The zero-order valence-electron chi connectivity index (χ0n) is 5.15. The Morgan fingerprint density at radius 1 is 1.75 bits per heavy atom. The summed E-state index contributed by atoms with van der Waals surface area (Å²) >= 11 is 2.48. The monoisotopic (exact) mass is 225 g/mol. The molecule has 1 heterocycles. The van der Waals surface area contributed by atoms with Gasteiger partial charge in [0.2, 0.25) is 0 Å². The maximum absolute atomic E-state index is 3.45. The van der Waals surface area contributed by atoms with Crippen LogP contribution in [-0.2, 0) is 0 Å². The van der Waals surface area contributed by atoms with Gasteiger partial charge in [-0.3, -0.25) is 0 Å². The molecule has 0 bridgehead atoms. The SMILES string of the molecule is CC(I)C1CCCN1. The van der Waals surface area contributed by atoms with E-state index in [4.69, 9.17) is 0 Å². The Morgan fingerprint density at radius 3 is 2.75 bits per heavy atom. The lowest BCUT2D eigenvalue weighted by Crippen LogP contribution is -2.28. The van der Waals surface area contributed by atoms with Gasteiger partial charge in [0.25, 0.3) is 0 Å². The summed E-state index contributed by atoms with van der Waals surface area (Å²) in [6.07, 6.45) is 2.75. The van der Waals surface area contributed by atoms with Crippen LogP contribution in [0.1, 0.15) is 19.8 Å². The number of halogens is 1. The first-order chi connectivity index (χ1) is 3.80. The van der Waals surface area contributed by atoms with Gasteiger partial charge in [-0.25, -0.2) is 0 Å². The van der Waals surface area contributed by atoms with Crippen LogP contribution < -0.4 is 5.32 Å². The smallest absolute Gasteiger partial charge is 0.0235 e. The number of nitrogens with one attached hydrogen (secondary N) is 1. The van der Waals surface area contributed by atoms with Crippen molar-refractivity contribution in [3.05, 3.63) is 0 Å². The minimum Gasteiger partial charge on any atom is -0.313 e. The second kappa shape index (κ2) is 3.01. The van der Waals surface area contributed by atoms with Crippen molar-refractivity contribution in [2.24, 2.45) is 0 Å². The van der Waals surface area contributed by atoms with Gasteiger partial charge < -0.3 is 5.32 Å². The molecule has 2 unspecified atom stereocenters. The zero-order valence-corrected chi connectivity index (χ0v) is 7.31. The molecule has 1 N–H and O–H groups in total. The highest BCUT2D eigenvalue weighted by molar-refractivity contribution is 14.1. The van der Waals surface area contributed by atoms with E-state index in [0.29, 0.717) is 0 Å². The second-order valence-corrected chi connectivity index (χ2v) is 4.35. The molecule has 0 amide bonds. The van der Waals surface area contributed by atoms with Gasteiger partial charge in [0, 0.05) is 9.97 Å². The van der Waals surface area contributed by atoms with E-state index in [2.05, 4.69) is 34.8 Å². The highest BCUT2D eigenvalue weighted by atomic mass is 127. The molecule has 1 fully saturated rings. The second-order valence-electron chi connectivity index (χ2n) is 2.38. The summed E-state index contributed by atoms with van der Waals surface area (Å²) in [5, 5.41) is 3.45. The van der Waals surface area contributed by atoms with Crippen LogP contribution in [0.4, 0.5) is 0 Å². The summed E-state index contributed by atoms with van der Waals surface area (Å²) in [5.74, 6) is 0. The fraction of sp³-hybridized carbons (Fsp3) is 1.00. The molecule has 1 saturated heterocycles. The standard InChI is InChI=1S/C6H12IN/c1-5(7)6-3-2-4-8-6/h5-6,8H,2-4H2,1H3. The van der Waals surface area contributed by atoms with Gasteiger partial charge in [0.1, 0.15) is 0 Å². The molecule has 1 aliphatic heterocycles. The van der Waals surface area contributed by atoms with Crippen molar-refractivity contribution in [2.75, 3.05) is 6.54 Å². The van der Waals surface area contributed by atoms with E-state index in [0.717, 1.165) is 9.97 Å². The minimum absolute atomic E-state index is 0.801. The number of alkyl halides is 1. The molecule has 2 atom stereocenters. The molecule has 8 heavy (non-hydrogen) atoms. The lowest BCUT2D eigenvalue weighted by molar-refractivity contribution is 0.613. The quantitative estimate of drug-likeness (QED) is 0.527. The first kappa shape index (κ1) is 6.81. The van der Waals surface area contributed by atoms with Crippen LogP contribution in [0.2, 0.25) is 0 Å². The molecule has 0 aliphatic carbocycles. The fourth-order valence-electron chi connectivity index (χ4n) is 1.10. The lowest BCUT2D eigenvalue weighted by atomic mass is 10.2. The molecule has 0 saturated carbocycles. The van der Waals surface area contributed by atoms with Crippen molar-refractivity contribution in [1.29, 1.82) is 0 Å². The summed E-state index contributed by atoms with van der Waals surface area (Å²) in [6, 6.07) is 0.801. The molecule has 2 heteroatoms. The van der Waals surface area contributed by atoms with E-state index in [1.54, 1.807) is 0 Å². The van der Waals surface area contributed by atoms with Crippen molar-refractivity contribution >= 4 is 22.6 Å². The largest absolute Gasteiger partial charge is 0.313 e. The molecule has 0 radical (unpaired) electrons. The number of rotatable bonds is 1. The number of hydrogen-bond donors (Lipinski definition) is 1. The Hall–Kier alpha value is 0.690. The van der Waals surface area contributed by atoms with E-state index in [9.17, 15) is 0 Å². The molecular formula is C6H12IN. The Labute approximate surface area is 64.4 Å². The topological polar surface area (TPSA) is 12.0 Å². The van der Waals surface area contributed by atoms with Crippen molar-refractivity contribution in [3.63, 3.8) is 0 Å². The first-order valence-electron chi connectivity index (χ1n) is 3.18. The van der Waals surface area contributed by atoms with E-state index in [1.165, 1.54) is 19.4 Å². The molecule has 0 aromatic rings. The molecule has 0 aromatic heterocycles. The molecule has 1 nitrogen and oxygen atoms in total. The van der Waals surface area contributed by atoms with E-state index < -0.39 is 0 Å². The maximum Gasteiger partial charge on any atom is 0.0235 e. The fourth-order valence-corrected chi connectivity index (χ4v) is 1.72. The number of hydrogen-bond acceptors (Lipinski definition) is 1. The Morgan fingerprint density at radius 2 is 2.50 bits per heavy atom. The maximum atomic E-state index is 3.45. The van der Waals surface area contributed by atoms with Gasteiger partial charge in [-0.05, 0) is 19.4 Å². The van der Waals surface area contributed by atoms with Crippen LogP contribution in [0.15, 0.2) is 0 Å². The molecule has 0 aromatic carbocycles. The normalized spacial score (nSPS) is 33.0. The molecule has 1 aliphatic rings. The third kappa shape index (κ3) is 1.58. The van der Waals surface area contributed by atoms with Crippen molar-refractivity contribution in [2.45, 2.75) is 29.7 Å². The molecule has 0 spiro atoms. The summed E-state index contributed by atoms with van der Waals surface area (Å²) in [4.78, 5) is 0. The van der Waals surface area contributed by atoms with Gasteiger partial charge in [0.05, 0.1) is 0 Å². The van der Waals surface area contributed by atoms with Crippen LogP contribution in [0, 0.1) is 0 Å². The van der Waals surface area contributed by atoms with Crippen molar-refractivity contribution in [3.8, 4) is 0 Å². The summed E-state index contributed by atoms with van der Waals surface area (Å²) < 4.78 is 0.801. The predicted molar refractivity (Wildman–Crippen MR) is 44.5 cm³/mol. The summed E-state index contributed by atoms with van der Waals surface area (Å²) in [6.45, 7) is 3.50. The van der Waals surface area contributed by atoms with Gasteiger partial charge in [-0.2, -0.15) is 0 Å². The Kier molecular flexibility index (Phi) is 2.56. The van der Waals surface area contributed by atoms with Crippen molar-refractivity contribution in [1.82, 2.24) is 5.32 Å². The average Bonchev–Trinajstić information content (AvgIpc) is 2.12. The highest BCUT2D eigenvalue weighted by Gasteiger charge is 2.17. The Balaban J connectivity index is 2.24. The predicted octanol–water partition coefficient (Wildman–Crippen LogP) is 1.56. The molecule has 1 rings (SSSR count). The molecule has 48 valence electrons. The zero-order chi connectivity index (χ0) is 5.98. The van der Waals surface area contributed by atoms with Crippen LogP contribution >= 0.6 is 22.6 Å². The van der Waals surface area contributed by atoms with E-state index >= 15 is 0 Å². The first-order valence-corrected chi connectivity index (χ1v) is 4.43. The van der Waals surface area contributed by atoms with Crippen molar-refractivity contribution < 1.29 is 0 Å². The van der Waals surface area contributed by atoms with Gasteiger partial charge in [0.15, 0.2) is 0 Å². The van der Waals surface area contributed by atoms with Crippen LogP contribution in [-0.4, -0.2) is 16.5 Å². The minimum atomic E-state index is 0.801. The summed E-state index contributed by atoms with van der Waals surface area (Å²) in [5.41, 5.74) is 0. The third-order valence-corrected chi connectivity index (χ3v) is 2.52. The van der Waals surface area contributed by atoms with Gasteiger partial charge in [-0.1, -0.05) is 29.5 Å². The third-order valence-electron chi connectivity index (χ3n) is 1.65. The van der Waals surface area contributed by atoms with Gasteiger partial charge in [-0.15, -0.1) is 0 Å². The average molecular weight is 225 g/mol.